The van der Waals surface area contributed by atoms with E-state index in [0.717, 1.165) is 0 Å². The zero-order chi connectivity index (χ0) is 10.8. The van der Waals surface area contributed by atoms with Gasteiger partial charge in [-0.25, -0.2) is 0 Å². The van der Waals surface area contributed by atoms with Gasteiger partial charge in [0.1, 0.15) is 5.75 Å². The third-order valence-corrected chi connectivity index (χ3v) is 3.44. The number of benzene rings is 1. The lowest BCUT2D eigenvalue weighted by Crippen LogP contribution is -2.12. The first-order valence-electron chi connectivity index (χ1n) is 3.65. The predicted octanol–water partition coefficient (Wildman–Crippen LogP) is 2.53. The Morgan fingerprint density at radius 1 is 1.29 bits per heavy atom. The molecule has 0 spiro atoms. The molecule has 4 nitrogen and oxygen atoms in total. The van der Waals surface area contributed by atoms with E-state index < -0.39 is 22.3 Å². The molecule has 0 bridgehead atoms. The quantitative estimate of drug-likeness (QED) is 0.754. The molecule has 3 N–H and O–H groups in total. The molecule has 0 aromatic heterocycles. The summed E-state index contributed by atoms with van der Waals surface area (Å²) in [5, 5.41) is 8.90. The van der Waals surface area contributed by atoms with Crippen molar-refractivity contribution in [1.29, 1.82) is 0 Å². The Kier molecular flexibility index (Phi) is 3.38. The van der Waals surface area contributed by atoms with Crippen molar-refractivity contribution in [3.05, 3.63) is 29.3 Å². The highest BCUT2D eigenvalue weighted by atomic mass is 35.5. The Balaban J connectivity index is 2.91. The van der Waals surface area contributed by atoms with Crippen LogP contribution >= 0.6 is 22.2 Å². The molecule has 0 unspecified atom stereocenters. The fraction of sp³-hybridized carbons (Fsp3) is 0.125. The highest BCUT2D eigenvalue weighted by molar-refractivity contribution is 8.24. The van der Waals surface area contributed by atoms with Crippen LogP contribution in [0.15, 0.2) is 29.2 Å². The highest BCUT2D eigenvalue weighted by Crippen LogP contribution is 2.47. The average molecular weight is 237 g/mol. The summed E-state index contributed by atoms with van der Waals surface area (Å²) in [6.45, 7) is 0. The molecule has 0 amide bonds. The lowest BCUT2D eigenvalue weighted by Gasteiger charge is -2.30. The Bertz CT molecular complexity index is 336. The lowest BCUT2D eigenvalue weighted by atomic mass is 10.4. The van der Waals surface area contributed by atoms with Gasteiger partial charge in [-0.05, 0) is 24.3 Å². The standard InChI is InChI=1S/C8H9ClO4S/c9-6-1-3-7(4-2-6)14(12,13)5-8(10)11/h1-4,12-13H,5H2,(H,10,11). The molecule has 0 heterocycles. The van der Waals surface area contributed by atoms with Crippen molar-refractivity contribution in [1.82, 2.24) is 0 Å². The fourth-order valence-corrected chi connectivity index (χ4v) is 2.12. The molecule has 0 aliphatic rings. The van der Waals surface area contributed by atoms with Crippen LogP contribution < -0.4 is 0 Å². The number of rotatable bonds is 3. The summed E-state index contributed by atoms with van der Waals surface area (Å²) in [4.78, 5) is 10.5. The van der Waals surface area contributed by atoms with Gasteiger partial charge in [-0.2, -0.15) is 10.6 Å². The van der Waals surface area contributed by atoms with Crippen LogP contribution in [0.5, 0.6) is 0 Å². The van der Waals surface area contributed by atoms with E-state index >= 15 is 0 Å². The van der Waals surface area contributed by atoms with Gasteiger partial charge in [0.15, 0.2) is 0 Å². The van der Waals surface area contributed by atoms with Crippen molar-refractivity contribution in [2.75, 3.05) is 5.75 Å². The van der Waals surface area contributed by atoms with E-state index in [4.69, 9.17) is 16.7 Å². The summed E-state index contributed by atoms with van der Waals surface area (Å²) in [5.74, 6) is -1.94. The summed E-state index contributed by atoms with van der Waals surface area (Å²) in [5.41, 5.74) is 0. The maximum Gasteiger partial charge on any atom is 0.323 e. The molecule has 0 atom stereocenters. The third kappa shape index (κ3) is 2.88. The molecular formula is C8H9ClO4S. The van der Waals surface area contributed by atoms with Crippen molar-refractivity contribution in [3.8, 4) is 0 Å². The Hall–Kier alpha value is -0.750. The van der Waals surface area contributed by atoms with E-state index in [1.54, 1.807) is 0 Å². The highest BCUT2D eigenvalue weighted by Gasteiger charge is 2.19. The van der Waals surface area contributed by atoms with Gasteiger partial charge in [0.2, 0.25) is 0 Å². The van der Waals surface area contributed by atoms with Gasteiger partial charge in [0, 0.05) is 5.02 Å². The first-order valence-corrected chi connectivity index (χ1v) is 5.74. The largest absolute Gasteiger partial charge is 0.480 e. The molecule has 0 radical (unpaired) electrons. The molecule has 14 heavy (non-hydrogen) atoms. The first-order chi connectivity index (χ1) is 6.42. The van der Waals surface area contributed by atoms with Crippen molar-refractivity contribution < 1.29 is 19.0 Å². The van der Waals surface area contributed by atoms with Crippen LogP contribution in [0, 0.1) is 0 Å². The van der Waals surface area contributed by atoms with E-state index in [2.05, 4.69) is 0 Å². The summed E-state index contributed by atoms with van der Waals surface area (Å²) < 4.78 is 18.9. The molecule has 1 rings (SSSR count). The van der Waals surface area contributed by atoms with Gasteiger partial charge < -0.3 is 5.11 Å². The van der Waals surface area contributed by atoms with E-state index in [1.807, 2.05) is 0 Å². The number of hydrogen-bond acceptors (Lipinski definition) is 3. The van der Waals surface area contributed by atoms with Gasteiger partial charge >= 0.3 is 5.97 Å². The van der Waals surface area contributed by atoms with Gasteiger partial charge in [-0.1, -0.05) is 11.6 Å². The van der Waals surface area contributed by atoms with Crippen LogP contribution in [0.3, 0.4) is 0 Å². The molecule has 6 heteroatoms. The molecule has 1 aromatic carbocycles. The van der Waals surface area contributed by atoms with Crippen molar-refractivity contribution in [3.63, 3.8) is 0 Å². The fourth-order valence-electron chi connectivity index (χ4n) is 0.908. The molecule has 1 aromatic rings. The second kappa shape index (κ2) is 4.18. The number of carbonyl (C=O) groups is 1. The monoisotopic (exact) mass is 236 g/mol. The van der Waals surface area contributed by atoms with Gasteiger partial charge in [0.05, 0.1) is 4.90 Å². The molecule has 0 saturated carbocycles. The Morgan fingerprint density at radius 2 is 1.79 bits per heavy atom. The normalized spacial score (nSPS) is 12.5. The summed E-state index contributed by atoms with van der Waals surface area (Å²) in [6.07, 6.45) is 0. The SMILES string of the molecule is O=C(O)CS(O)(O)c1ccc(Cl)cc1. The van der Waals surface area contributed by atoms with Crippen LogP contribution in [-0.4, -0.2) is 25.9 Å². The summed E-state index contributed by atoms with van der Waals surface area (Å²) in [7, 11) is -3.23. The summed E-state index contributed by atoms with van der Waals surface area (Å²) in [6, 6.07) is 5.76. The smallest absolute Gasteiger partial charge is 0.323 e. The van der Waals surface area contributed by atoms with Gasteiger partial charge in [-0.15, -0.1) is 0 Å². The van der Waals surface area contributed by atoms with Crippen LogP contribution in [0.1, 0.15) is 0 Å². The number of halogens is 1. The minimum Gasteiger partial charge on any atom is -0.480 e. The average Bonchev–Trinajstić information content (AvgIpc) is 2.02. The molecule has 78 valence electrons. The van der Waals surface area contributed by atoms with Crippen LogP contribution in [0.2, 0.25) is 5.02 Å². The molecule has 0 aliphatic carbocycles. The van der Waals surface area contributed by atoms with Gasteiger partial charge in [0.25, 0.3) is 0 Å². The lowest BCUT2D eigenvalue weighted by molar-refractivity contribution is -0.134. The number of carboxylic acids is 1. The minimum absolute atomic E-state index is 0.185. The maximum absolute atomic E-state index is 10.3. The number of carboxylic acid groups (broad SMARTS) is 1. The first kappa shape index (κ1) is 11.3. The van der Waals surface area contributed by atoms with Crippen molar-refractivity contribution >= 4 is 28.2 Å². The topological polar surface area (TPSA) is 77.8 Å². The Labute approximate surface area is 87.5 Å². The van der Waals surface area contributed by atoms with Gasteiger partial charge in [-0.3, -0.25) is 13.9 Å². The maximum atomic E-state index is 10.3. The second-order valence-corrected chi connectivity index (χ2v) is 5.19. The molecule has 0 fully saturated rings. The molecule has 0 aliphatic heterocycles. The van der Waals surface area contributed by atoms with Crippen molar-refractivity contribution in [2.45, 2.75) is 4.90 Å². The zero-order valence-corrected chi connectivity index (χ0v) is 8.63. The van der Waals surface area contributed by atoms with E-state index in [1.165, 1.54) is 24.3 Å². The molecule has 0 saturated heterocycles. The molecular weight excluding hydrogens is 228 g/mol. The third-order valence-electron chi connectivity index (χ3n) is 1.52. The summed E-state index contributed by atoms with van der Waals surface area (Å²) >= 11 is 5.60. The van der Waals surface area contributed by atoms with Crippen LogP contribution in [0.25, 0.3) is 0 Å². The van der Waals surface area contributed by atoms with E-state index in [9.17, 15) is 13.9 Å². The van der Waals surface area contributed by atoms with E-state index in [0.29, 0.717) is 5.02 Å². The van der Waals surface area contributed by atoms with Crippen LogP contribution in [0.4, 0.5) is 0 Å². The second-order valence-electron chi connectivity index (χ2n) is 2.66. The van der Waals surface area contributed by atoms with E-state index in [-0.39, 0.29) is 4.90 Å². The van der Waals surface area contributed by atoms with Crippen LogP contribution in [-0.2, 0) is 4.79 Å². The Morgan fingerprint density at radius 3 is 2.21 bits per heavy atom. The number of aliphatic carboxylic acids is 1. The van der Waals surface area contributed by atoms with Crippen molar-refractivity contribution in [2.24, 2.45) is 0 Å². The minimum atomic E-state index is -3.23. The number of hydrogen-bond donors (Lipinski definition) is 3. The predicted molar refractivity (Wildman–Crippen MR) is 55.1 cm³/mol. The zero-order valence-electron chi connectivity index (χ0n) is 7.05.